The van der Waals surface area contributed by atoms with Crippen molar-refractivity contribution < 1.29 is 4.74 Å². The van der Waals surface area contributed by atoms with E-state index in [1.165, 1.54) is 0 Å². The van der Waals surface area contributed by atoms with E-state index in [0.29, 0.717) is 0 Å². The summed E-state index contributed by atoms with van der Waals surface area (Å²) in [6.45, 7) is 4.59. The minimum atomic E-state index is 0.839. The van der Waals surface area contributed by atoms with Gasteiger partial charge in [0.2, 0.25) is 0 Å². The van der Waals surface area contributed by atoms with Crippen molar-refractivity contribution >= 4 is 15.9 Å². The Hall–Kier alpha value is -0.390. The molecule has 1 fully saturated rings. The molecule has 0 bridgehead atoms. The van der Waals surface area contributed by atoms with Crippen LogP contribution >= 0.6 is 15.9 Å². The molecule has 0 N–H and O–H groups in total. The molecule has 14 heavy (non-hydrogen) atoms. The fourth-order valence-corrected chi connectivity index (χ4v) is 2.08. The maximum Gasteiger partial charge on any atom is 0.124 e. The fraction of sp³-hybridized carbons (Fsp3) is 0.667. The highest BCUT2D eigenvalue weighted by Gasteiger charge is 2.13. The zero-order chi connectivity index (χ0) is 9.97. The van der Waals surface area contributed by atoms with Gasteiger partial charge in [0, 0.05) is 26.3 Å². The summed E-state index contributed by atoms with van der Waals surface area (Å²) in [5, 5.41) is 0. The van der Waals surface area contributed by atoms with Crippen molar-refractivity contribution in [2.75, 3.05) is 26.3 Å². The lowest BCUT2D eigenvalue weighted by Crippen LogP contribution is -2.36. The number of hydrogen-bond donors (Lipinski definition) is 0. The molecule has 1 aromatic heterocycles. The van der Waals surface area contributed by atoms with E-state index < -0.39 is 0 Å². The summed E-state index contributed by atoms with van der Waals surface area (Å²) in [7, 11) is 2.02. The Morgan fingerprint density at radius 1 is 1.50 bits per heavy atom. The summed E-state index contributed by atoms with van der Waals surface area (Å²) in [6.07, 6.45) is 1.98. The maximum absolute atomic E-state index is 5.29. The Kier molecular flexibility index (Phi) is 3.20. The van der Waals surface area contributed by atoms with Gasteiger partial charge in [0.1, 0.15) is 10.4 Å². The van der Waals surface area contributed by atoms with Crippen LogP contribution in [0.1, 0.15) is 5.82 Å². The van der Waals surface area contributed by atoms with Crippen molar-refractivity contribution in [3.63, 3.8) is 0 Å². The molecule has 1 aliphatic heterocycles. The first-order chi connectivity index (χ1) is 6.75. The predicted octanol–water partition coefficient (Wildman–Crippen LogP) is 1.01. The van der Waals surface area contributed by atoms with Crippen LogP contribution in [-0.4, -0.2) is 40.8 Å². The van der Waals surface area contributed by atoms with Gasteiger partial charge in [-0.3, -0.25) is 4.90 Å². The fourth-order valence-electron chi connectivity index (χ4n) is 1.57. The standard InChI is InChI=1S/C9H14BrN3O/c1-12-6-8(10)11-9(12)7-13-2-4-14-5-3-13/h6H,2-5,7H2,1H3. The molecule has 4 nitrogen and oxygen atoms in total. The molecular formula is C9H14BrN3O. The van der Waals surface area contributed by atoms with Gasteiger partial charge in [0.25, 0.3) is 0 Å². The molecule has 0 amide bonds. The molecule has 0 saturated carbocycles. The van der Waals surface area contributed by atoms with E-state index in [9.17, 15) is 0 Å². The van der Waals surface area contributed by atoms with Crippen molar-refractivity contribution in [2.24, 2.45) is 7.05 Å². The van der Waals surface area contributed by atoms with Crippen LogP contribution in [0.5, 0.6) is 0 Å². The number of rotatable bonds is 2. The number of ether oxygens (including phenoxy) is 1. The molecule has 1 aliphatic rings. The first kappa shape index (κ1) is 10.1. The Bertz CT molecular complexity index is 307. The molecule has 1 aromatic rings. The average molecular weight is 260 g/mol. The largest absolute Gasteiger partial charge is 0.379 e. The van der Waals surface area contributed by atoms with Crippen LogP contribution in [-0.2, 0) is 18.3 Å². The number of nitrogens with zero attached hydrogens (tertiary/aromatic N) is 3. The topological polar surface area (TPSA) is 30.3 Å². The van der Waals surface area contributed by atoms with Gasteiger partial charge in [0.15, 0.2) is 0 Å². The highest BCUT2D eigenvalue weighted by Crippen LogP contribution is 2.11. The Labute approximate surface area is 92.0 Å². The number of imidazole rings is 1. The van der Waals surface area contributed by atoms with E-state index >= 15 is 0 Å². The van der Waals surface area contributed by atoms with Gasteiger partial charge in [-0.15, -0.1) is 0 Å². The zero-order valence-corrected chi connectivity index (χ0v) is 9.83. The van der Waals surface area contributed by atoms with Gasteiger partial charge in [-0.25, -0.2) is 4.98 Å². The lowest BCUT2D eigenvalue weighted by atomic mass is 10.4. The third kappa shape index (κ3) is 2.34. The smallest absolute Gasteiger partial charge is 0.124 e. The van der Waals surface area contributed by atoms with Crippen LogP contribution in [0.2, 0.25) is 0 Å². The monoisotopic (exact) mass is 259 g/mol. The van der Waals surface area contributed by atoms with E-state index in [2.05, 4.69) is 30.4 Å². The molecule has 1 saturated heterocycles. The van der Waals surface area contributed by atoms with Gasteiger partial charge in [-0.1, -0.05) is 0 Å². The molecule has 0 atom stereocenters. The maximum atomic E-state index is 5.29. The van der Waals surface area contributed by atoms with Gasteiger partial charge in [0.05, 0.1) is 19.8 Å². The van der Waals surface area contributed by atoms with E-state index in [-0.39, 0.29) is 0 Å². The van der Waals surface area contributed by atoms with Crippen LogP contribution in [0.3, 0.4) is 0 Å². The number of aromatic nitrogens is 2. The minimum absolute atomic E-state index is 0.839. The van der Waals surface area contributed by atoms with Crippen LogP contribution in [0, 0.1) is 0 Å². The van der Waals surface area contributed by atoms with Crippen molar-refractivity contribution in [1.29, 1.82) is 0 Å². The quantitative estimate of drug-likeness (QED) is 0.795. The van der Waals surface area contributed by atoms with Gasteiger partial charge in [-0.05, 0) is 15.9 Å². The highest BCUT2D eigenvalue weighted by atomic mass is 79.9. The zero-order valence-electron chi connectivity index (χ0n) is 8.24. The number of hydrogen-bond acceptors (Lipinski definition) is 3. The average Bonchev–Trinajstić information content (AvgIpc) is 2.47. The number of halogens is 1. The Morgan fingerprint density at radius 2 is 2.21 bits per heavy atom. The SMILES string of the molecule is Cn1cc(Br)nc1CN1CCOCC1. The summed E-state index contributed by atoms with van der Waals surface area (Å²) >= 11 is 3.37. The summed E-state index contributed by atoms with van der Waals surface area (Å²) in [5.74, 6) is 1.10. The number of morpholine rings is 1. The van der Waals surface area contributed by atoms with Crippen molar-refractivity contribution in [1.82, 2.24) is 14.5 Å². The van der Waals surface area contributed by atoms with Crippen LogP contribution < -0.4 is 0 Å². The van der Waals surface area contributed by atoms with Crippen LogP contribution in [0.4, 0.5) is 0 Å². The molecule has 0 aliphatic carbocycles. The van der Waals surface area contributed by atoms with Crippen molar-refractivity contribution in [3.8, 4) is 0 Å². The third-order valence-corrected chi connectivity index (χ3v) is 2.79. The predicted molar refractivity (Wildman–Crippen MR) is 57.0 cm³/mol. The van der Waals surface area contributed by atoms with Crippen LogP contribution in [0.15, 0.2) is 10.8 Å². The summed E-state index contributed by atoms with van der Waals surface area (Å²) in [5.41, 5.74) is 0. The van der Waals surface area contributed by atoms with E-state index in [0.717, 1.165) is 43.3 Å². The molecule has 2 rings (SSSR count). The lowest BCUT2D eigenvalue weighted by molar-refractivity contribution is 0.0327. The minimum Gasteiger partial charge on any atom is -0.379 e. The number of aryl methyl sites for hydroxylation is 1. The first-order valence-corrected chi connectivity index (χ1v) is 5.53. The van der Waals surface area contributed by atoms with E-state index in [1.807, 2.05) is 13.2 Å². The van der Waals surface area contributed by atoms with Gasteiger partial charge >= 0.3 is 0 Å². The Morgan fingerprint density at radius 3 is 2.79 bits per heavy atom. The molecule has 2 heterocycles. The molecule has 0 spiro atoms. The highest BCUT2D eigenvalue weighted by molar-refractivity contribution is 9.10. The normalized spacial score (nSPS) is 18.7. The summed E-state index contributed by atoms with van der Waals surface area (Å²) < 4.78 is 8.26. The summed E-state index contributed by atoms with van der Waals surface area (Å²) in [6, 6.07) is 0. The second kappa shape index (κ2) is 4.42. The van der Waals surface area contributed by atoms with Gasteiger partial charge < -0.3 is 9.30 Å². The van der Waals surface area contributed by atoms with E-state index in [1.54, 1.807) is 0 Å². The first-order valence-electron chi connectivity index (χ1n) is 4.73. The molecule has 0 aromatic carbocycles. The molecule has 0 unspecified atom stereocenters. The van der Waals surface area contributed by atoms with Crippen molar-refractivity contribution in [3.05, 3.63) is 16.6 Å². The molecule has 0 radical (unpaired) electrons. The van der Waals surface area contributed by atoms with E-state index in [4.69, 9.17) is 4.74 Å². The van der Waals surface area contributed by atoms with Gasteiger partial charge in [-0.2, -0.15) is 0 Å². The van der Waals surface area contributed by atoms with Crippen LogP contribution in [0.25, 0.3) is 0 Å². The molecule has 78 valence electrons. The van der Waals surface area contributed by atoms with Crippen molar-refractivity contribution in [2.45, 2.75) is 6.54 Å². The molecular weight excluding hydrogens is 246 g/mol. The molecule has 5 heteroatoms. The second-order valence-corrected chi connectivity index (χ2v) is 4.29. The third-order valence-electron chi connectivity index (χ3n) is 2.41. The lowest BCUT2D eigenvalue weighted by Gasteiger charge is -2.25. The second-order valence-electron chi connectivity index (χ2n) is 3.48. The Balaban J connectivity index is 1.98. The summed E-state index contributed by atoms with van der Waals surface area (Å²) in [4.78, 5) is 6.76.